The van der Waals surface area contributed by atoms with Gasteiger partial charge in [0.1, 0.15) is 10.3 Å². The number of benzene rings is 1. The predicted octanol–water partition coefficient (Wildman–Crippen LogP) is 3.81. The van der Waals surface area contributed by atoms with Gasteiger partial charge >= 0.3 is 0 Å². The second kappa shape index (κ2) is 8.12. The summed E-state index contributed by atoms with van der Waals surface area (Å²) in [6, 6.07) is 9.93. The molecule has 25 heavy (non-hydrogen) atoms. The van der Waals surface area contributed by atoms with E-state index >= 15 is 0 Å². The number of sulfonamides is 1. The molecular weight excluding hydrogens is 356 g/mol. The summed E-state index contributed by atoms with van der Waals surface area (Å²) in [6.07, 6.45) is 0. The van der Waals surface area contributed by atoms with Crippen molar-refractivity contribution < 1.29 is 13.2 Å². The minimum Gasteiger partial charge on any atom is -0.325 e. The summed E-state index contributed by atoms with van der Waals surface area (Å²) >= 11 is 1.12. The summed E-state index contributed by atoms with van der Waals surface area (Å²) < 4.78 is 27.6. The van der Waals surface area contributed by atoms with Crippen LogP contribution in [0.4, 0.5) is 5.69 Å². The van der Waals surface area contributed by atoms with Crippen molar-refractivity contribution in [3.05, 3.63) is 47.3 Å². The highest BCUT2D eigenvalue weighted by molar-refractivity contribution is 7.91. The van der Waals surface area contributed by atoms with Crippen molar-refractivity contribution in [3.63, 3.8) is 0 Å². The molecule has 2 rings (SSSR count). The lowest BCUT2D eigenvalue weighted by atomic mass is 10.0. The Kier molecular flexibility index (Phi) is 6.37. The molecule has 0 fully saturated rings. The second-order valence-electron chi connectivity index (χ2n) is 6.54. The number of thiophene rings is 1. The Bertz CT molecular complexity index is 813. The van der Waals surface area contributed by atoms with Crippen molar-refractivity contribution in [3.8, 4) is 0 Å². The van der Waals surface area contributed by atoms with Gasteiger partial charge in [-0.2, -0.15) is 4.72 Å². The molecule has 0 saturated carbocycles. The number of hydrogen-bond donors (Lipinski definition) is 2. The molecular formula is C18H24N2O3S2. The molecule has 2 aromatic rings. The maximum atomic E-state index is 12.6. The van der Waals surface area contributed by atoms with E-state index in [0.717, 1.165) is 16.9 Å². The topological polar surface area (TPSA) is 75.3 Å². The van der Waals surface area contributed by atoms with Gasteiger partial charge < -0.3 is 5.32 Å². The van der Waals surface area contributed by atoms with Gasteiger partial charge in [0.05, 0.1) is 0 Å². The molecule has 0 aliphatic carbocycles. The Hall–Kier alpha value is -1.70. The first-order valence-electron chi connectivity index (χ1n) is 8.17. The van der Waals surface area contributed by atoms with E-state index in [0.29, 0.717) is 11.6 Å². The normalized spacial score (nSPS) is 13.2. The van der Waals surface area contributed by atoms with E-state index in [9.17, 15) is 13.2 Å². The van der Waals surface area contributed by atoms with E-state index in [1.54, 1.807) is 17.5 Å². The maximum absolute atomic E-state index is 12.6. The van der Waals surface area contributed by atoms with E-state index in [-0.39, 0.29) is 16.0 Å². The first-order valence-corrected chi connectivity index (χ1v) is 10.5. The van der Waals surface area contributed by atoms with Crippen LogP contribution in [-0.2, 0) is 14.8 Å². The van der Waals surface area contributed by atoms with Gasteiger partial charge in [0.2, 0.25) is 5.91 Å². The molecule has 5 nitrogen and oxygen atoms in total. The zero-order valence-corrected chi connectivity index (χ0v) is 16.4. The lowest BCUT2D eigenvalue weighted by Gasteiger charge is -2.21. The number of hydrogen-bond acceptors (Lipinski definition) is 4. The molecule has 0 aliphatic heterocycles. The molecule has 1 atom stereocenters. The molecule has 1 unspecified atom stereocenters. The minimum atomic E-state index is -3.71. The predicted molar refractivity (Wildman–Crippen MR) is 102 cm³/mol. The van der Waals surface area contributed by atoms with Crippen LogP contribution in [0.3, 0.4) is 0 Å². The molecule has 1 heterocycles. The Morgan fingerprint density at radius 3 is 2.36 bits per heavy atom. The summed E-state index contributed by atoms with van der Waals surface area (Å²) in [5.41, 5.74) is 1.77. The molecule has 0 saturated heterocycles. The largest absolute Gasteiger partial charge is 0.325 e. The highest BCUT2D eigenvalue weighted by Gasteiger charge is 2.29. The van der Waals surface area contributed by atoms with E-state index in [4.69, 9.17) is 0 Å². The van der Waals surface area contributed by atoms with E-state index < -0.39 is 16.1 Å². The molecule has 1 aromatic carbocycles. The van der Waals surface area contributed by atoms with E-state index in [1.165, 1.54) is 6.07 Å². The Morgan fingerprint density at radius 2 is 1.80 bits per heavy atom. The first-order chi connectivity index (χ1) is 11.7. The highest BCUT2D eigenvalue weighted by atomic mass is 32.2. The van der Waals surface area contributed by atoms with Crippen molar-refractivity contribution in [1.29, 1.82) is 0 Å². The first kappa shape index (κ1) is 19.6. The maximum Gasteiger partial charge on any atom is 0.250 e. The number of carbonyl (C=O) groups excluding carboxylic acids is 1. The van der Waals surface area contributed by atoms with E-state index in [1.807, 2.05) is 32.0 Å². The summed E-state index contributed by atoms with van der Waals surface area (Å²) in [4.78, 5) is 12.6. The Labute approximate surface area is 153 Å². The monoisotopic (exact) mass is 380 g/mol. The van der Waals surface area contributed by atoms with Crippen LogP contribution in [0, 0.1) is 5.92 Å². The number of carbonyl (C=O) groups is 1. The third kappa shape index (κ3) is 5.14. The average Bonchev–Trinajstić information content (AvgIpc) is 3.08. The molecule has 136 valence electrons. The van der Waals surface area contributed by atoms with Crippen LogP contribution in [0.15, 0.2) is 46.0 Å². The molecule has 1 amide bonds. The quantitative estimate of drug-likeness (QED) is 0.767. The third-order valence-corrected chi connectivity index (χ3v) is 6.65. The summed E-state index contributed by atoms with van der Waals surface area (Å²) in [6.45, 7) is 7.78. The van der Waals surface area contributed by atoms with Crippen LogP contribution in [0.1, 0.15) is 39.2 Å². The molecule has 2 N–H and O–H groups in total. The van der Waals surface area contributed by atoms with Gasteiger partial charge in [-0.25, -0.2) is 8.42 Å². The van der Waals surface area contributed by atoms with Gasteiger partial charge in [-0.05, 0) is 41.0 Å². The minimum absolute atomic E-state index is 0.192. The molecule has 0 aliphatic rings. The van der Waals surface area contributed by atoms with Crippen molar-refractivity contribution in [2.75, 3.05) is 5.32 Å². The van der Waals surface area contributed by atoms with Gasteiger partial charge in [0.25, 0.3) is 10.0 Å². The smallest absolute Gasteiger partial charge is 0.250 e. The lowest BCUT2D eigenvalue weighted by Crippen LogP contribution is -2.46. The van der Waals surface area contributed by atoms with Gasteiger partial charge in [0.15, 0.2) is 0 Å². The number of anilines is 1. The molecule has 0 bridgehead atoms. The third-order valence-electron chi connectivity index (χ3n) is 3.81. The fourth-order valence-electron chi connectivity index (χ4n) is 2.33. The molecule has 1 aromatic heterocycles. The Balaban J connectivity index is 2.17. The number of rotatable bonds is 7. The number of amides is 1. The lowest BCUT2D eigenvalue weighted by molar-refractivity contribution is -0.118. The average molecular weight is 381 g/mol. The van der Waals surface area contributed by atoms with Crippen LogP contribution in [0.5, 0.6) is 0 Å². The van der Waals surface area contributed by atoms with Gasteiger partial charge in [-0.3, -0.25) is 4.79 Å². The standard InChI is InChI=1S/C18H24N2O3S2/c1-12(2)14-7-5-8-15(11-14)19-18(21)17(13(3)4)20-25(22,23)16-9-6-10-24-16/h5-13,17,20H,1-4H3,(H,19,21). The van der Waals surface area contributed by atoms with Gasteiger partial charge in [-0.15, -0.1) is 11.3 Å². The van der Waals surface area contributed by atoms with Gasteiger partial charge in [-0.1, -0.05) is 45.9 Å². The Morgan fingerprint density at radius 1 is 1.08 bits per heavy atom. The molecule has 0 spiro atoms. The summed E-state index contributed by atoms with van der Waals surface area (Å²) in [7, 11) is -3.71. The zero-order chi connectivity index (χ0) is 18.6. The zero-order valence-electron chi connectivity index (χ0n) is 14.8. The molecule has 0 radical (unpaired) electrons. The van der Waals surface area contributed by atoms with Crippen molar-refractivity contribution >= 4 is 33.0 Å². The van der Waals surface area contributed by atoms with Gasteiger partial charge in [0, 0.05) is 5.69 Å². The van der Waals surface area contributed by atoms with Crippen molar-refractivity contribution in [2.24, 2.45) is 5.92 Å². The van der Waals surface area contributed by atoms with Crippen LogP contribution < -0.4 is 10.0 Å². The fourth-order valence-corrected chi connectivity index (χ4v) is 4.68. The SMILES string of the molecule is CC(C)c1cccc(NC(=O)C(NS(=O)(=O)c2cccs2)C(C)C)c1. The summed E-state index contributed by atoms with van der Waals surface area (Å²) in [5, 5.41) is 4.51. The van der Waals surface area contributed by atoms with Crippen LogP contribution in [-0.4, -0.2) is 20.4 Å². The highest BCUT2D eigenvalue weighted by Crippen LogP contribution is 2.20. The van der Waals surface area contributed by atoms with Crippen LogP contribution in [0.2, 0.25) is 0 Å². The van der Waals surface area contributed by atoms with E-state index in [2.05, 4.69) is 23.9 Å². The summed E-state index contributed by atoms with van der Waals surface area (Å²) in [5.74, 6) is -0.214. The molecule has 7 heteroatoms. The van der Waals surface area contributed by atoms with Crippen molar-refractivity contribution in [2.45, 2.75) is 43.9 Å². The fraction of sp³-hybridized carbons (Fsp3) is 0.389. The van der Waals surface area contributed by atoms with Crippen LogP contribution >= 0.6 is 11.3 Å². The van der Waals surface area contributed by atoms with Crippen molar-refractivity contribution in [1.82, 2.24) is 4.72 Å². The van der Waals surface area contributed by atoms with Crippen LogP contribution in [0.25, 0.3) is 0 Å². The second-order valence-corrected chi connectivity index (χ2v) is 9.43. The number of nitrogens with one attached hydrogen (secondary N) is 2.